The van der Waals surface area contributed by atoms with Crippen LogP contribution in [0.4, 0.5) is 0 Å². The van der Waals surface area contributed by atoms with E-state index in [1.165, 1.54) is 10.4 Å². The Morgan fingerprint density at radius 3 is 2.45 bits per heavy atom. The van der Waals surface area contributed by atoms with Crippen molar-refractivity contribution in [2.45, 2.75) is 44.9 Å². The number of aldehydes is 1. The molecule has 2 unspecified atom stereocenters. The normalized spacial score (nSPS) is 24.4. The topological polar surface area (TPSA) is 37.3 Å². The summed E-state index contributed by atoms with van der Waals surface area (Å²) in [5.74, 6) is 0.163. The number of aliphatic hydroxyl groups is 1. The number of benzene rings is 1. The molecule has 0 aliphatic heterocycles. The lowest BCUT2D eigenvalue weighted by atomic mass is 9.86. The fourth-order valence-electron chi connectivity index (χ4n) is 3.36. The van der Waals surface area contributed by atoms with Crippen LogP contribution in [0.3, 0.4) is 0 Å². The van der Waals surface area contributed by atoms with Crippen molar-refractivity contribution in [2.24, 2.45) is 5.92 Å². The van der Waals surface area contributed by atoms with Gasteiger partial charge in [0.25, 0.3) is 0 Å². The molecule has 1 aliphatic carbocycles. The molecule has 0 aromatic heterocycles. The first kappa shape index (κ1) is 15.2. The van der Waals surface area contributed by atoms with Gasteiger partial charge in [0.2, 0.25) is 0 Å². The van der Waals surface area contributed by atoms with E-state index in [-0.39, 0.29) is 12.0 Å². The van der Waals surface area contributed by atoms with Crippen LogP contribution in [0.2, 0.25) is 13.1 Å². The van der Waals surface area contributed by atoms with Crippen molar-refractivity contribution in [3.63, 3.8) is 0 Å². The van der Waals surface area contributed by atoms with Crippen molar-refractivity contribution in [3.8, 4) is 0 Å². The number of carbonyl (C=O) groups is 1. The van der Waals surface area contributed by atoms with Gasteiger partial charge in [-0.15, -0.1) is 0 Å². The summed E-state index contributed by atoms with van der Waals surface area (Å²) in [4.78, 5) is 11.1. The van der Waals surface area contributed by atoms with Gasteiger partial charge >= 0.3 is 0 Å². The van der Waals surface area contributed by atoms with E-state index in [0.717, 1.165) is 32.0 Å². The average molecular weight is 288 g/mol. The second kappa shape index (κ2) is 6.51. The number of hydrogen-bond acceptors (Lipinski definition) is 2. The fraction of sp³-hybridized carbons (Fsp3) is 0.471. The Morgan fingerprint density at radius 2 is 1.85 bits per heavy atom. The van der Waals surface area contributed by atoms with Gasteiger partial charge in [-0.05, 0) is 18.9 Å². The summed E-state index contributed by atoms with van der Waals surface area (Å²) in [5, 5.41) is 12.9. The molecule has 0 spiro atoms. The second-order valence-corrected chi connectivity index (χ2v) is 10.6. The molecule has 20 heavy (non-hydrogen) atoms. The predicted molar refractivity (Wildman–Crippen MR) is 85.7 cm³/mol. The van der Waals surface area contributed by atoms with Crippen LogP contribution in [-0.2, 0) is 4.79 Å². The molecule has 3 heteroatoms. The van der Waals surface area contributed by atoms with E-state index in [2.05, 4.69) is 37.4 Å². The SMILES string of the molecule is C[Si](C)(/C(=C/C=O)C1CCCCC1O)c1ccccc1. The fourth-order valence-corrected chi connectivity index (χ4v) is 6.47. The minimum atomic E-state index is -1.89. The Labute approximate surface area is 122 Å². The first-order chi connectivity index (χ1) is 9.57. The van der Waals surface area contributed by atoms with Crippen LogP contribution in [0.25, 0.3) is 0 Å². The molecule has 108 valence electrons. The number of rotatable bonds is 4. The third kappa shape index (κ3) is 3.10. The van der Waals surface area contributed by atoms with Crippen LogP contribution in [0.1, 0.15) is 25.7 Å². The van der Waals surface area contributed by atoms with Crippen molar-refractivity contribution >= 4 is 19.5 Å². The van der Waals surface area contributed by atoms with Crippen LogP contribution < -0.4 is 5.19 Å². The zero-order valence-corrected chi connectivity index (χ0v) is 13.4. The molecule has 1 aromatic carbocycles. The summed E-state index contributed by atoms with van der Waals surface area (Å²) < 4.78 is 0. The van der Waals surface area contributed by atoms with Crippen LogP contribution in [0.5, 0.6) is 0 Å². The smallest absolute Gasteiger partial charge is 0.142 e. The largest absolute Gasteiger partial charge is 0.393 e. The molecule has 2 nitrogen and oxygen atoms in total. The molecule has 0 heterocycles. The monoisotopic (exact) mass is 288 g/mol. The van der Waals surface area contributed by atoms with Gasteiger partial charge in [-0.1, -0.05) is 66.7 Å². The highest BCUT2D eigenvalue weighted by Gasteiger charge is 2.37. The van der Waals surface area contributed by atoms with Gasteiger partial charge in [-0.2, -0.15) is 0 Å². The first-order valence-corrected chi connectivity index (χ1v) is 10.5. The van der Waals surface area contributed by atoms with Crippen molar-refractivity contribution in [1.29, 1.82) is 0 Å². The van der Waals surface area contributed by atoms with Crippen LogP contribution in [0, 0.1) is 5.92 Å². The summed E-state index contributed by atoms with van der Waals surface area (Å²) in [6.45, 7) is 4.55. The molecule has 1 aromatic rings. The average Bonchev–Trinajstić information content (AvgIpc) is 2.46. The molecule has 0 radical (unpaired) electrons. The molecule has 0 saturated heterocycles. The highest BCUT2D eigenvalue weighted by molar-refractivity contribution is 6.95. The second-order valence-electron chi connectivity index (χ2n) is 6.21. The molecule has 1 aliphatic rings. The zero-order chi connectivity index (χ0) is 14.6. The molecule has 1 fully saturated rings. The number of hydrogen-bond donors (Lipinski definition) is 1. The minimum absolute atomic E-state index is 0.163. The molecular weight excluding hydrogens is 264 g/mol. The van der Waals surface area contributed by atoms with Crippen LogP contribution >= 0.6 is 0 Å². The lowest BCUT2D eigenvalue weighted by Crippen LogP contribution is -2.48. The Kier molecular flexibility index (Phi) is 4.94. The zero-order valence-electron chi connectivity index (χ0n) is 12.4. The maximum atomic E-state index is 11.1. The molecule has 1 N–H and O–H groups in total. The molecule has 0 amide bonds. The molecule has 2 atom stereocenters. The maximum Gasteiger partial charge on any atom is 0.142 e. The Balaban J connectivity index is 2.37. The van der Waals surface area contributed by atoms with E-state index >= 15 is 0 Å². The molecule has 0 bridgehead atoms. The van der Waals surface area contributed by atoms with Crippen molar-refractivity contribution < 1.29 is 9.90 Å². The van der Waals surface area contributed by atoms with E-state index in [1.807, 2.05) is 6.07 Å². The van der Waals surface area contributed by atoms with Gasteiger partial charge in [-0.3, -0.25) is 4.79 Å². The van der Waals surface area contributed by atoms with Gasteiger partial charge in [0.1, 0.15) is 14.4 Å². The summed E-state index contributed by atoms with van der Waals surface area (Å²) >= 11 is 0. The van der Waals surface area contributed by atoms with Crippen LogP contribution in [-0.4, -0.2) is 25.6 Å². The van der Waals surface area contributed by atoms with Crippen molar-refractivity contribution in [1.82, 2.24) is 0 Å². The van der Waals surface area contributed by atoms with Crippen molar-refractivity contribution in [3.05, 3.63) is 41.6 Å². The lowest BCUT2D eigenvalue weighted by molar-refractivity contribution is -0.104. The molecular formula is C17H24O2Si. The summed E-state index contributed by atoms with van der Waals surface area (Å²) in [6.07, 6.45) is 6.46. The number of allylic oxidation sites excluding steroid dienone is 1. The predicted octanol–water partition coefficient (Wildman–Crippen LogP) is 2.82. The van der Waals surface area contributed by atoms with Gasteiger partial charge < -0.3 is 5.11 Å². The number of aliphatic hydroxyl groups excluding tert-OH is 1. The van der Waals surface area contributed by atoms with E-state index in [0.29, 0.717) is 0 Å². The van der Waals surface area contributed by atoms with E-state index in [9.17, 15) is 9.90 Å². The Morgan fingerprint density at radius 1 is 1.20 bits per heavy atom. The number of carbonyl (C=O) groups excluding carboxylic acids is 1. The van der Waals surface area contributed by atoms with Gasteiger partial charge in [0.05, 0.1) is 6.10 Å². The van der Waals surface area contributed by atoms with Gasteiger partial charge in [-0.25, -0.2) is 0 Å². The Bertz CT molecular complexity index is 479. The third-order valence-corrected chi connectivity index (χ3v) is 8.35. The van der Waals surface area contributed by atoms with Gasteiger partial charge in [0.15, 0.2) is 0 Å². The van der Waals surface area contributed by atoms with Gasteiger partial charge in [0, 0.05) is 5.92 Å². The molecule has 1 saturated carbocycles. The summed E-state index contributed by atoms with van der Waals surface area (Å²) in [7, 11) is -1.89. The first-order valence-electron chi connectivity index (χ1n) is 7.47. The van der Waals surface area contributed by atoms with E-state index < -0.39 is 8.07 Å². The standard InChI is InChI=1S/C17H24O2Si/c1-20(2,14-8-4-3-5-9-14)17(12-13-18)15-10-6-7-11-16(15)19/h3-5,8-9,12-13,15-16,19H,6-7,10-11H2,1-2H3/b17-12+. The van der Waals surface area contributed by atoms with E-state index in [1.54, 1.807) is 6.08 Å². The van der Waals surface area contributed by atoms with Crippen LogP contribution in [0.15, 0.2) is 41.6 Å². The minimum Gasteiger partial charge on any atom is -0.393 e. The maximum absolute atomic E-state index is 11.1. The summed E-state index contributed by atoms with van der Waals surface area (Å²) in [6, 6.07) is 10.4. The quantitative estimate of drug-likeness (QED) is 0.525. The highest BCUT2D eigenvalue weighted by atomic mass is 28.3. The summed E-state index contributed by atoms with van der Waals surface area (Å²) in [5.41, 5.74) is 0. The van der Waals surface area contributed by atoms with Crippen molar-refractivity contribution in [2.75, 3.05) is 0 Å². The van der Waals surface area contributed by atoms with E-state index in [4.69, 9.17) is 0 Å². The third-order valence-electron chi connectivity index (χ3n) is 4.59. The lowest BCUT2D eigenvalue weighted by Gasteiger charge is -2.37. The molecule has 2 rings (SSSR count). The Hall–Kier alpha value is -1.19. The highest BCUT2D eigenvalue weighted by Crippen LogP contribution is 2.34.